The Labute approximate surface area is 185 Å². The predicted octanol–water partition coefficient (Wildman–Crippen LogP) is 5.47. The van der Waals surface area contributed by atoms with Crippen LogP contribution in [-0.2, 0) is 0 Å². The van der Waals surface area contributed by atoms with E-state index in [0.29, 0.717) is 5.88 Å². The van der Waals surface area contributed by atoms with Crippen molar-refractivity contribution in [2.75, 3.05) is 0 Å². The van der Waals surface area contributed by atoms with Crippen LogP contribution in [0, 0.1) is 6.92 Å². The van der Waals surface area contributed by atoms with Crippen LogP contribution in [0.1, 0.15) is 18.5 Å². The number of hydrogen-bond acceptors (Lipinski definition) is 5. The Kier molecular flexibility index (Phi) is 4.49. The number of aromatic amines is 1. The van der Waals surface area contributed by atoms with Crippen LogP contribution in [0.4, 0.5) is 0 Å². The van der Waals surface area contributed by atoms with Gasteiger partial charge in [0.2, 0.25) is 5.88 Å². The fourth-order valence-electron chi connectivity index (χ4n) is 4.14. The zero-order valence-electron chi connectivity index (χ0n) is 17.7. The van der Waals surface area contributed by atoms with Crippen LogP contribution in [0.25, 0.3) is 32.9 Å². The number of nitrogens with zero attached hydrogens (tertiary/aromatic N) is 3. The van der Waals surface area contributed by atoms with E-state index in [1.54, 1.807) is 12.4 Å². The van der Waals surface area contributed by atoms with Gasteiger partial charge in [0.15, 0.2) is 0 Å². The smallest absolute Gasteiger partial charge is 0.213 e. The van der Waals surface area contributed by atoms with E-state index in [9.17, 15) is 0 Å². The maximum absolute atomic E-state index is 6.02. The molecule has 6 rings (SSSR count). The molecule has 6 nitrogen and oxygen atoms in total. The van der Waals surface area contributed by atoms with Crippen molar-refractivity contribution in [3.05, 3.63) is 79.0 Å². The number of ether oxygens (including phenoxy) is 2. The van der Waals surface area contributed by atoms with Crippen LogP contribution in [-0.4, -0.2) is 32.1 Å². The Bertz CT molecular complexity index is 1390. The average Bonchev–Trinajstić information content (AvgIpc) is 3.17. The topological polar surface area (TPSA) is 72.9 Å². The van der Waals surface area contributed by atoms with Gasteiger partial charge in [-0.1, -0.05) is 12.1 Å². The number of fused-ring (bicyclic) bond motifs is 3. The summed E-state index contributed by atoms with van der Waals surface area (Å²) >= 11 is 0. The largest absolute Gasteiger partial charge is 0.489 e. The van der Waals surface area contributed by atoms with E-state index in [0.717, 1.165) is 51.8 Å². The summed E-state index contributed by atoms with van der Waals surface area (Å²) in [5.74, 6) is 1.46. The van der Waals surface area contributed by atoms with E-state index in [4.69, 9.17) is 9.47 Å². The molecule has 1 N–H and O–H groups in total. The van der Waals surface area contributed by atoms with Gasteiger partial charge in [-0.15, -0.1) is 0 Å². The number of nitrogens with one attached hydrogen (secondary N) is 1. The summed E-state index contributed by atoms with van der Waals surface area (Å²) in [6, 6.07) is 16.3. The van der Waals surface area contributed by atoms with Crippen LogP contribution < -0.4 is 9.47 Å². The minimum Gasteiger partial charge on any atom is -0.489 e. The maximum atomic E-state index is 6.02. The summed E-state index contributed by atoms with van der Waals surface area (Å²) in [6.45, 7) is 1.97. The van der Waals surface area contributed by atoms with E-state index < -0.39 is 0 Å². The van der Waals surface area contributed by atoms with Gasteiger partial charge in [0.25, 0.3) is 0 Å². The molecule has 0 aliphatic heterocycles. The number of benzene rings is 1. The van der Waals surface area contributed by atoms with Crippen molar-refractivity contribution >= 4 is 21.8 Å². The van der Waals surface area contributed by atoms with Crippen LogP contribution in [0.5, 0.6) is 11.6 Å². The maximum Gasteiger partial charge on any atom is 0.213 e. The van der Waals surface area contributed by atoms with Crippen molar-refractivity contribution < 1.29 is 9.47 Å². The van der Waals surface area contributed by atoms with Gasteiger partial charge in [-0.25, -0.2) is 4.98 Å². The lowest BCUT2D eigenvalue weighted by molar-refractivity contribution is 0.00208. The van der Waals surface area contributed by atoms with Crippen molar-refractivity contribution in [1.82, 2.24) is 19.9 Å². The quantitative estimate of drug-likeness (QED) is 0.407. The molecule has 1 aromatic carbocycles. The van der Waals surface area contributed by atoms with E-state index in [1.807, 2.05) is 43.6 Å². The zero-order chi connectivity index (χ0) is 21.5. The SMILES string of the molecule is Cc1ccc(OC2CC(Oc3ccc(-c4ccc5c(c4)[nH]c4ccncc45)cn3)C2)cn1. The van der Waals surface area contributed by atoms with Crippen LogP contribution in [0.2, 0.25) is 0 Å². The van der Waals surface area contributed by atoms with E-state index in [2.05, 4.69) is 44.2 Å². The first-order chi connectivity index (χ1) is 15.7. The molecule has 1 aliphatic carbocycles. The predicted molar refractivity (Wildman–Crippen MR) is 124 cm³/mol. The molecule has 0 saturated heterocycles. The summed E-state index contributed by atoms with van der Waals surface area (Å²) < 4.78 is 12.0. The normalized spacial score (nSPS) is 17.9. The molecule has 4 aromatic heterocycles. The molecule has 32 heavy (non-hydrogen) atoms. The highest BCUT2D eigenvalue weighted by Gasteiger charge is 2.33. The molecule has 1 saturated carbocycles. The number of aromatic nitrogens is 4. The zero-order valence-corrected chi connectivity index (χ0v) is 17.7. The molecule has 0 bridgehead atoms. The Morgan fingerprint density at radius 1 is 0.781 bits per heavy atom. The molecule has 0 radical (unpaired) electrons. The first kappa shape index (κ1) is 18.8. The Morgan fingerprint density at radius 2 is 1.66 bits per heavy atom. The highest BCUT2D eigenvalue weighted by molar-refractivity contribution is 6.07. The Hall–Kier alpha value is -3.93. The molecular weight excluding hydrogens is 400 g/mol. The average molecular weight is 422 g/mol. The molecule has 1 aliphatic rings. The highest BCUT2D eigenvalue weighted by atomic mass is 16.5. The standard InChI is InChI=1S/C26H22N4O2/c1-16-2-5-19(14-28-16)31-20-11-21(12-20)32-26-7-4-18(13-29-26)17-3-6-22-23-15-27-9-8-24(23)30-25(22)10-17/h2-10,13-15,20-21,30H,11-12H2,1H3. The molecule has 0 atom stereocenters. The van der Waals surface area contributed by atoms with E-state index in [-0.39, 0.29) is 12.2 Å². The lowest BCUT2D eigenvalue weighted by Crippen LogP contribution is -2.41. The van der Waals surface area contributed by atoms with Crippen LogP contribution >= 0.6 is 0 Å². The van der Waals surface area contributed by atoms with Crippen molar-refractivity contribution in [2.45, 2.75) is 32.0 Å². The third-order valence-electron chi connectivity index (χ3n) is 6.00. The lowest BCUT2D eigenvalue weighted by Gasteiger charge is -2.34. The van der Waals surface area contributed by atoms with Gasteiger partial charge < -0.3 is 14.5 Å². The molecule has 158 valence electrons. The van der Waals surface area contributed by atoms with Gasteiger partial charge in [0.05, 0.1) is 6.20 Å². The van der Waals surface area contributed by atoms with E-state index in [1.165, 1.54) is 5.39 Å². The number of H-pyrrole nitrogens is 1. The molecular formula is C26H22N4O2. The highest BCUT2D eigenvalue weighted by Crippen LogP contribution is 2.31. The van der Waals surface area contributed by atoms with Crippen molar-refractivity contribution in [3.63, 3.8) is 0 Å². The third kappa shape index (κ3) is 3.54. The summed E-state index contributed by atoms with van der Waals surface area (Å²) in [4.78, 5) is 16.5. The van der Waals surface area contributed by atoms with Gasteiger partial charge >= 0.3 is 0 Å². The first-order valence-electron chi connectivity index (χ1n) is 10.8. The molecule has 1 fully saturated rings. The van der Waals surface area contributed by atoms with Crippen LogP contribution in [0.3, 0.4) is 0 Å². The second-order valence-corrected chi connectivity index (χ2v) is 8.28. The molecule has 0 spiro atoms. The number of aryl methyl sites for hydroxylation is 1. The van der Waals surface area contributed by atoms with Gasteiger partial charge in [-0.2, -0.15) is 0 Å². The van der Waals surface area contributed by atoms with Crippen LogP contribution in [0.15, 0.2) is 73.3 Å². The fraction of sp³-hybridized carbons (Fsp3) is 0.192. The molecule has 6 heteroatoms. The summed E-state index contributed by atoms with van der Waals surface area (Å²) in [5.41, 5.74) is 5.34. The first-order valence-corrected chi connectivity index (χ1v) is 10.8. The third-order valence-corrected chi connectivity index (χ3v) is 6.00. The number of rotatable bonds is 5. The Morgan fingerprint density at radius 3 is 2.47 bits per heavy atom. The van der Waals surface area contributed by atoms with Gasteiger partial charge in [-0.05, 0) is 42.8 Å². The minimum atomic E-state index is 0.132. The van der Waals surface area contributed by atoms with Crippen molar-refractivity contribution in [2.24, 2.45) is 0 Å². The molecule has 4 heterocycles. The van der Waals surface area contributed by atoms with Gasteiger partial charge in [-0.3, -0.25) is 9.97 Å². The second kappa shape index (κ2) is 7.64. The number of pyridine rings is 3. The summed E-state index contributed by atoms with van der Waals surface area (Å²) in [6.07, 6.45) is 9.34. The minimum absolute atomic E-state index is 0.132. The summed E-state index contributed by atoms with van der Waals surface area (Å²) in [5, 5.41) is 2.31. The molecule has 5 aromatic rings. The molecule has 0 unspecified atom stereocenters. The van der Waals surface area contributed by atoms with Gasteiger partial charge in [0, 0.05) is 70.6 Å². The Balaban J connectivity index is 1.10. The van der Waals surface area contributed by atoms with Crippen molar-refractivity contribution in [1.29, 1.82) is 0 Å². The second-order valence-electron chi connectivity index (χ2n) is 8.28. The van der Waals surface area contributed by atoms with E-state index >= 15 is 0 Å². The van der Waals surface area contributed by atoms with Gasteiger partial charge in [0.1, 0.15) is 18.0 Å². The monoisotopic (exact) mass is 422 g/mol. The fourth-order valence-corrected chi connectivity index (χ4v) is 4.14. The van der Waals surface area contributed by atoms with Crippen molar-refractivity contribution in [3.8, 4) is 22.8 Å². The number of hydrogen-bond donors (Lipinski definition) is 1. The summed E-state index contributed by atoms with van der Waals surface area (Å²) in [7, 11) is 0. The molecule has 0 amide bonds. The lowest BCUT2D eigenvalue weighted by atomic mass is 9.92.